The van der Waals surface area contributed by atoms with Gasteiger partial charge < -0.3 is 14.7 Å². The zero-order valence-corrected chi connectivity index (χ0v) is 19.6. The molecule has 10 nitrogen and oxygen atoms in total. The van der Waals surface area contributed by atoms with Crippen molar-refractivity contribution in [3.05, 3.63) is 94.6 Å². The van der Waals surface area contributed by atoms with E-state index < -0.39 is 10.0 Å². The summed E-state index contributed by atoms with van der Waals surface area (Å²) in [5.41, 5.74) is 1.69. The molecule has 0 spiro atoms. The zero-order chi connectivity index (χ0) is 24.8. The van der Waals surface area contributed by atoms with Crippen LogP contribution in [-0.4, -0.2) is 29.3 Å². The Morgan fingerprint density at radius 2 is 1.91 bits per heavy atom. The summed E-state index contributed by atoms with van der Waals surface area (Å²) in [6.45, 7) is 1.73. The molecular formula is C24H23N5O5S. The lowest BCUT2D eigenvalue weighted by atomic mass is 10.1. The van der Waals surface area contributed by atoms with Gasteiger partial charge in [-0.1, -0.05) is 6.07 Å². The van der Waals surface area contributed by atoms with Crippen LogP contribution < -0.4 is 15.6 Å². The molecule has 0 aliphatic rings. The van der Waals surface area contributed by atoms with Crippen molar-refractivity contribution in [2.45, 2.75) is 31.2 Å². The van der Waals surface area contributed by atoms with Crippen LogP contribution in [0.25, 0.3) is 11.4 Å². The van der Waals surface area contributed by atoms with Crippen molar-refractivity contribution in [1.29, 1.82) is 0 Å². The monoisotopic (exact) mass is 493 g/mol. The lowest BCUT2D eigenvalue weighted by molar-refractivity contribution is -0.116. The second-order valence-corrected chi connectivity index (χ2v) is 9.46. The Kier molecular flexibility index (Phi) is 7.18. The molecule has 180 valence electrons. The first kappa shape index (κ1) is 24.0. The highest BCUT2D eigenvalue weighted by Gasteiger charge is 2.16. The third-order valence-corrected chi connectivity index (χ3v) is 6.62. The van der Waals surface area contributed by atoms with E-state index >= 15 is 0 Å². The van der Waals surface area contributed by atoms with Crippen LogP contribution in [-0.2, 0) is 27.8 Å². The Bertz CT molecular complexity index is 1480. The Balaban J connectivity index is 1.39. The van der Waals surface area contributed by atoms with Crippen LogP contribution in [0.15, 0.2) is 81.3 Å². The van der Waals surface area contributed by atoms with E-state index in [0.717, 1.165) is 5.56 Å². The van der Waals surface area contributed by atoms with E-state index in [1.165, 1.54) is 24.5 Å². The molecule has 0 atom stereocenters. The van der Waals surface area contributed by atoms with Gasteiger partial charge in [-0.15, -0.1) is 0 Å². The number of furan rings is 1. The number of rotatable bonds is 9. The van der Waals surface area contributed by atoms with Gasteiger partial charge in [-0.05, 0) is 55.8 Å². The predicted octanol–water partition coefficient (Wildman–Crippen LogP) is 2.78. The number of hydrogen-bond acceptors (Lipinski definition) is 7. The maximum Gasteiger partial charge on any atom is 0.254 e. The molecule has 0 unspecified atom stereocenters. The van der Waals surface area contributed by atoms with E-state index in [0.29, 0.717) is 28.5 Å². The number of pyridine rings is 1. The molecule has 0 saturated carbocycles. The third-order valence-electron chi connectivity index (χ3n) is 5.22. The number of amides is 1. The number of nitrogens with zero attached hydrogens (tertiary/aromatic N) is 2. The number of hydrogen-bond donors (Lipinski definition) is 3. The number of aryl methyl sites for hydroxylation is 1. The van der Waals surface area contributed by atoms with E-state index in [1.54, 1.807) is 49.6 Å². The van der Waals surface area contributed by atoms with Crippen LogP contribution in [0.1, 0.15) is 23.4 Å². The van der Waals surface area contributed by atoms with E-state index in [9.17, 15) is 18.0 Å². The highest BCUT2D eigenvalue weighted by atomic mass is 32.2. The van der Waals surface area contributed by atoms with Crippen LogP contribution in [0.5, 0.6) is 0 Å². The van der Waals surface area contributed by atoms with Crippen molar-refractivity contribution in [3.63, 3.8) is 0 Å². The maximum absolute atomic E-state index is 12.6. The molecule has 0 saturated heterocycles. The fourth-order valence-corrected chi connectivity index (χ4v) is 4.46. The van der Waals surface area contributed by atoms with E-state index in [2.05, 4.69) is 25.0 Å². The predicted molar refractivity (Wildman–Crippen MR) is 129 cm³/mol. The van der Waals surface area contributed by atoms with Crippen LogP contribution in [0.3, 0.4) is 0 Å². The standard InChI is InChI=1S/C24H23N5O5S/c1-16-21(24(31)29-23(27-16)17-9-11-25-12-10-17)7-8-22(30)28-18-4-2-6-20(14-18)35(32,33)26-15-19-5-3-13-34-19/h2-6,9-14,26H,7-8,15H2,1H3,(H,28,30)(H,27,29,31). The minimum absolute atomic E-state index is 0.00467. The Hall–Kier alpha value is -4.09. The number of aromatic nitrogens is 3. The summed E-state index contributed by atoms with van der Waals surface area (Å²) in [5.74, 6) is 0.550. The van der Waals surface area contributed by atoms with Crippen molar-refractivity contribution in [3.8, 4) is 11.4 Å². The quantitative estimate of drug-likeness (QED) is 0.325. The minimum atomic E-state index is -3.81. The van der Waals surface area contributed by atoms with Gasteiger partial charge in [0.05, 0.1) is 17.7 Å². The Labute approximate surface area is 201 Å². The molecule has 1 amide bonds. The highest BCUT2D eigenvalue weighted by Crippen LogP contribution is 2.17. The van der Waals surface area contributed by atoms with Crippen LogP contribution in [0, 0.1) is 6.92 Å². The summed E-state index contributed by atoms with van der Waals surface area (Å²) >= 11 is 0. The smallest absolute Gasteiger partial charge is 0.254 e. The average molecular weight is 494 g/mol. The Morgan fingerprint density at radius 3 is 2.63 bits per heavy atom. The van der Waals surface area contributed by atoms with E-state index in [-0.39, 0.29) is 35.7 Å². The van der Waals surface area contributed by atoms with Crippen LogP contribution >= 0.6 is 0 Å². The van der Waals surface area contributed by atoms with E-state index in [4.69, 9.17) is 4.42 Å². The minimum Gasteiger partial charge on any atom is -0.468 e. The number of H-pyrrole nitrogens is 1. The SMILES string of the molecule is Cc1nc(-c2ccncc2)[nH]c(=O)c1CCC(=O)Nc1cccc(S(=O)(=O)NCc2ccco2)c1. The number of sulfonamides is 1. The molecule has 3 aromatic heterocycles. The molecule has 0 bridgehead atoms. The van der Waals surface area contributed by atoms with Gasteiger partial charge >= 0.3 is 0 Å². The molecule has 1 aromatic carbocycles. The summed E-state index contributed by atoms with van der Waals surface area (Å²) in [4.78, 5) is 36.2. The second kappa shape index (κ2) is 10.5. The molecule has 0 fully saturated rings. The van der Waals surface area contributed by atoms with Crippen molar-refractivity contribution in [1.82, 2.24) is 19.7 Å². The highest BCUT2D eigenvalue weighted by molar-refractivity contribution is 7.89. The summed E-state index contributed by atoms with van der Waals surface area (Å²) in [6, 6.07) is 12.7. The number of carbonyl (C=O) groups excluding carboxylic acids is 1. The lowest BCUT2D eigenvalue weighted by Gasteiger charge is -2.10. The van der Waals surface area contributed by atoms with Gasteiger partial charge in [0.15, 0.2) is 0 Å². The molecule has 4 aromatic rings. The summed E-state index contributed by atoms with van der Waals surface area (Å²) < 4.78 is 32.7. The summed E-state index contributed by atoms with van der Waals surface area (Å²) in [5, 5.41) is 2.68. The van der Waals surface area contributed by atoms with Gasteiger partial charge in [0.2, 0.25) is 15.9 Å². The normalized spacial score (nSPS) is 11.3. The van der Waals surface area contributed by atoms with Gasteiger partial charge in [0.1, 0.15) is 11.6 Å². The molecule has 11 heteroatoms. The summed E-state index contributed by atoms with van der Waals surface area (Å²) in [6.07, 6.45) is 4.88. The molecule has 0 aliphatic heterocycles. The van der Waals surface area contributed by atoms with Gasteiger partial charge in [-0.2, -0.15) is 0 Å². The number of nitrogens with one attached hydrogen (secondary N) is 3. The van der Waals surface area contributed by atoms with E-state index in [1.807, 2.05) is 0 Å². The molecule has 3 heterocycles. The second-order valence-electron chi connectivity index (χ2n) is 7.69. The van der Waals surface area contributed by atoms with Crippen LogP contribution in [0.2, 0.25) is 0 Å². The molecule has 0 aliphatic carbocycles. The fourth-order valence-electron chi connectivity index (χ4n) is 3.42. The van der Waals surface area contributed by atoms with Crippen molar-refractivity contribution < 1.29 is 17.6 Å². The zero-order valence-electron chi connectivity index (χ0n) is 18.8. The third kappa shape index (κ3) is 6.08. The Morgan fingerprint density at radius 1 is 1.11 bits per heavy atom. The summed E-state index contributed by atoms with van der Waals surface area (Å²) in [7, 11) is -3.81. The van der Waals surface area contributed by atoms with Gasteiger partial charge in [-0.25, -0.2) is 18.1 Å². The largest absolute Gasteiger partial charge is 0.468 e. The molecule has 0 radical (unpaired) electrons. The van der Waals surface area contributed by atoms with Crippen molar-refractivity contribution in [2.24, 2.45) is 0 Å². The number of aromatic amines is 1. The number of benzene rings is 1. The van der Waals surface area contributed by atoms with Crippen molar-refractivity contribution in [2.75, 3.05) is 5.32 Å². The number of anilines is 1. The van der Waals surface area contributed by atoms with Crippen LogP contribution in [0.4, 0.5) is 5.69 Å². The van der Waals surface area contributed by atoms with Gasteiger partial charge in [0, 0.05) is 41.3 Å². The first-order valence-corrected chi connectivity index (χ1v) is 12.2. The average Bonchev–Trinajstić information content (AvgIpc) is 3.37. The molecule has 3 N–H and O–H groups in total. The molecule has 35 heavy (non-hydrogen) atoms. The lowest BCUT2D eigenvalue weighted by Crippen LogP contribution is -2.23. The topological polar surface area (TPSA) is 147 Å². The maximum atomic E-state index is 12.6. The first-order chi connectivity index (χ1) is 16.8. The molecule has 4 rings (SSSR count). The van der Waals surface area contributed by atoms with Gasteiger partial charge in [-0.3, -0.25) is 14.6 Å². The van der Waals surface area contributed by atoms with Gasteiger partial charge in [0.25, 0.3) is 5.56 Å². The molecular weight excluding hydrogens is 470 g/mol. The van der Waals surface area contributed by atoms with Crippen molar-refractivity contribution >= 4 is 21.6 Å². The number of carbonyl (C=O) groups is 1. The first-order valence-electron chi connectivity index (χ1n) is 10.7. The fraction of sp³-hybridized carbons (Fsp3) is 0.167.